The molecule has 1 aliphatic carbocycles. The summed E-state index contributed by atoms with van der Waals surface area (Å²) in [6, 6.07) is 18.1. The van der Waals surface area contributed by atoms with Crippen LogP contribution in [0.5, 0.6) is 5.75 Å². The molecule has 4 heteroatoms. The third-order valence-corrected chi connectivity index (χ3v) is 4.55. The van der Waals surface area contributed by atoms with Gasteiger partial charge in [-0.1, -0.05) is 61.7 Å². The van der Waals surface area contributed by atoms with Gasteiger partial charge in [0.15, 0.2) is 0 Å². The minimum Gasteiger partial charge on any atom is -0.487 e. The van der Waals surface area contributed by atoms with E-state index in [0.717, 1.165) is 5.56 Å². The minimum atomic E-state index is -0.0265. The zero-order valence-electron chi connectivity index (χ0n) is 14.5. The summed E-state index contributed by atoms with van der Waals surface area (Å²) in [5, 5.41) is 6.33. The molecule has 2 aromatic rings. The summed E-state index contributed by atoms with van der Waals surface area (Å²) >= 11 is 0. The Bertz CT molecular complexity index is 667. The highest BCUT2D eigenvalue weighted by atomic mass is 16.5. The Morgan fingerprint density at radius 1 is 0.960 bits per heavy atom. The van der Waals surface area contributed by atoms with Crippen LogP contribution in [0.15, 0.2) is 54.6 Å². The van der Waals surface area contributed by atoms with E-state index in [1.165, 1.54) is 32.1 Å². The molecule has 25 heavy (non-hydrogen) atoms. The normalized spacial score (nSPS) is 14.9. The van der Waals surface area contributed by atoms with E-state index in [4.69, 9.17) is 4.74 Å². The van der Waals surface area contributed by atoms with Gasteiger partial charge in [-0.3, -0.25) is 4.79 Å². The molecule has 0 unspecified atom stereocenters. The quantitative estimate of drug-likeness (QED) is 0.798. The topological polar surface area (TPSA) is 50.4 Å². The second-order valence-corrected chi connectivity index (χ2v) is 6.53. The Kier molecular flexibility index (Phi) is 6.46. The first-order chi connectivity index (χ1) is 12.3. The SMILES string of the molecule is O=C(CNC1CCCCC1)Nc1ccccc1OCc1ccccc1. The molecule has 0 atom stereocenters. The highest BCUT2D eigenvalue weighted by molar-refractivity contribution is 5.93. The van der Waals surface area contributed by atoms with Crippen molar-refractivity contribution in [3.05, 3.63) is 60.2 Å². The van der Waals surface area contributed by atoms with E-state index in [-0.39, 0.29) is 5.91 Å². The summed E-state index contributed by atoms with van der Waals surface area (Å²) in [7, 11) is 0. The van der Waals surface area contributed by atoms with Crippen LogP contribution in [0, 0.1) is 0 Å². The standard InChI is InChI=1S/C21H26N2O2/c24-21(15-22-18-11-5-2-6-12-18)23-19-13-7-8-14-20(19)25-16-17-9-3-1-4-10-17/h1,3-4,7-10,13-14,18,22H,2,5-6,11-12,15-16H2,(H,23,24). The first-order valence-corrected chi connectivity index (χ1v) is 9.10. The third-order valence-electron chi connectivity index (χ3n) is 4.55. The molecule has 1 aliphatic rings. The average Bonchev–Trinajstić information content (AvgIpc) is 2.67. The van der Waals surface area contributed by atoms with Crippen LogP contribution in [0.2, 0.25) is 0 Å². The molecule has 1 saturated carbocycles. The van der Waals surface area contributed by atoms with Gasteiger partial charge in [0, 0.05) is 6.04 Å². The lowest BCUT2D eigenvalue weighted by atomic mass is 9.95. The summed E-state index contributed by atoms with van der Waals surface area (Å²) in [6.45, 7) is 0.825. The smallest absolute Gasteiger partial charge is 0.238 e. The highest BCUT2D eigenvalue weighted by Crippen LogP contribution is 2.24. The molecule has 1 amide bonds. The molecular formula is C21H26N2O2. The summed E-state index contributed by atoms with van der Waals surface area (Å²) in [5.74, 6) is 0.665. The number of carbonyl (C=O) groups is 1. The first-order valence-electron chi connectivity index (χ1n) is 9.10. The van der Waals surface area contributed by atoms with Gasteiger partial charge in [-0.2, -0.15) is 0 Å². The van der Waals surface area contributed by atoms with Crippen LogP contribution in [-0.4, -0.2) is 18.5 Å². The predicted octanol–water partition coefficient (Wildman–Crippen LogP) is 4.13. The zero-order chi connectivity index (χ0) is 17.3. The van der Waals surface area contributed by atoms with Crippen LogP contribution in [0.1, 0.15) is 37.7 Å². The van der Waals surface area contributed by atoms with Gasteiger partial charge >= 0.3 is 0 Å². The van der Waals surface area contributed by atoms with Crippen molar-refractivity contribution < 1.29 is 9.53 Å². The fraction of sp³-hybridized carbons (Fsp3) is 0.381. The largest absolute Gasteiger partial charge is 0.487 e. The fourth-order valence-corrected chi connectivity index (χ4v) is 3.17. The van der Waals surface area contributed by atoms with Crippen molar-refractivity contribution in [1.82, 2.24) is 5.32 Å². The number of rotatable bonds is 7. The number of hydrogen-bond donors (Lipinski definition) is 2. The third kappa shape index (κ3) is 5.61. The number of para-hydroxylation sites is 2. The van der Waals surface area contributed by atoms with Crippen LogP contribution < -0.4 is 15.4 Å². The van der Waals surface area contributed by atoms with Crippen LogP contribution in [0.4, 0.5) is 5.69 Å². The van der Waals surface area contributed by atoms with Crippen LogP contribution in [-0.2, 0) is 11.4 Å². The number of benzene rings is 2. The van der Waals surface area contributed by atoms with Crippen molar-refractivity contribution in [3.63, 3.8) is 0 Å². The van der Waals surface area contributed by atoms with Crippen LogP contribution in [0.3, 0.4) is 0 Å². The second-order valence-electron chi connectivity index (χ2n) is 6.53. The van der Waals surface area contributed by atoms with Gasteiger partial charge in [-0.15, -0.1) is 0 Å². The Hall–Kier alpha value is -2.33. The van der Waals surface area contributed by atoms with Gasteiger partial charge in [0.05, 0.1) is 12.2 Å². The maximum Gasteiger partial charge on any atom is 0.238 e. The van der Waals surface area contributed by atoms with Crippen molar-refractivity contribution in [1.29, 1.82) is 0 Å². The number of amides is 1. The lowest BCUT2D eigenvalue weighted by Gasteiger charge is -2.22. The van der Waals surface area contributed by atoms with E-state index in [0.29, 0.717) is 30.6 Å². The second kappa shape index (κ2) is 9.23. The van der Waals surface area contributed by atoms with E-state index in [1.54, 1.807) is 0 Å². The van der Waals surface area contributed by atoms with Crippen LogP contribution in [0.25, 0.3) is 0 Å². The maximum atomic E-state index is 12.3. The molecular weight excluding hydrogens is 312 g/mol. The number of ether oxygens (including phenoxy) is 1. The fourth-order valence-electron chi connectivity index (χ4n) is 3.17. The average molecular weight is 338 g/mol. The number of carbonyl (C=O) groups excluding carboxylic acids is 1. The molecule has 0 saturated heterocycles. The Labute approximate surface area is 149 Å². The van der Waals surface area contributed by atoms with Gasteiger partial charge < -0.3 is 15.4 Å². The molecule has 2 aromatic carbocycles. The van der Waals surface area contributed by atoms with Crippen molar-refractivity contribution in [3.8, 4) is 5.75 Å². The van der Waals surface area contributed by atoms with Crippen molar-refractivity contribution >= 4 is 11.6 Å². The van der Waals surface area contributed by atoms with E-state index in [1.807, 2.05) is 54.6 Å². The molecule has 1 fully saturated rings. The number of hydrogen-bond acceptors (Lipinski definition) is 3. The molecule has 0 radical (unpaired) electrons. The molecule has 0 aromatic heterocycles. The summed E-state index contributed by atoms with van der Waals surface area (Å²) in [5.41, 5.74) is 1.82. The summed E-state index contributed by atoms with van der Waals surface area (Å²) in [6.07, 6.45) is 6.18. The van der Waals surface area contributed by atoms with E-state index >= 15 is 0 Å². The Balaban J connectivity index is 1.52. The molecule has 2 N–H and O–H groups in total. The van der Waals surface area contributed by atoms with Gasteiger partial charge in [-0.05, 0) is 30.5 Å². The minimum absolute atomic E-state index is 0.0265. The first kappa shape index (κ1) is 17.5. The van der Waals surface area contributed by atoms with E-state index in [2.05, 4.69) is 10.6 Å². The van der Waals surface area contributed by atoms with Crippen LogP contribution >= 0.6 is 0 Å². The Morgan fingerprint density at radius 3 is 2.48 bits per heavy atom. The monoisotopic (exact) mass is 338 g/mol. The molecule has 0 heterocycles. The van der Waals surface area contributed by atoms with E-state index in [9.17, 15) is 4.79 Å². The zero-order valence-corrected chi connectivity index (χ0v) is 14.5. The highest BCUT2D eigenvalue weighted by Gasteiger charge is 2.14. The number of nitrogens with one attached hydrogen (secondary N) is 2. The Morgan fingerprint density at radius 2 is 1.68 bits per heavy atom. The van der Waals surface area contributed by atoms with Gasteiger partial charge in [0.2, 0.25) is 5.91 Å². The summed E-state index contributed by atoms with van der Waals surface area (Å²) in [4.78, 5) is 12.3. The molecule has 4 nitrogen and oxygen atoms in total. The van der Waals surface area contributed by atoms with Gasteiger partial charge in [0.1, 0.15) is 12.4 Å². The van der Waals surface area contributed by atoms with Crippen molar-refractivity contribution in [2.75, 3.05) is 11.9 Å². The van der Waals surface area contributed by atoms with Crippen molar-refractivity contribution in [2.24, 2.45) is 0 Å². The molecule has 0 bridgehead atoms. The molecule has 0 aliphatic heterocycles. The van der Waals surface area contributed by atoms with E-state index < -0.39 is 0 Å². The van der Waals surface area contributed by atoms with Crippen molar-refractivity contribution in [2.45, 2.75) is 44.8 Å². The van der Waals surface area contributed by atoms with Gasteiger partial charge in [-0.25, -0.2) is 0 Å². The summed E-state index contributed by atoms with van der Waals surface area (Å²) < 4.78 is 5.88. The number of anilines is 1. The molecule has 3 rings (SSSR count). The lowest BCUT2D eigenvalue weighted by Crippen LogP contribution is -2.37. The van der Waals surface area contributed by atoms with Gasteiger partial charge in [0.25, 0.3) is 0 Å². The molecule has 0 spiro atoms. The predicted molar refractivity (Wildman–Crippen MR) is 101 cm³/mol. The lowest BCUT2D eigenvalue weighted by molar-refractivity contribution is -0.115. The molecule has 132 valence electrons. The maximum absolute atomic E-state index is 12.3.